The minimum atomic E-state index is -0.162. The number of aryl methyl sites for hydroxylation is 1. The van der Waals surface area contributed by atoms with Crippen molar-refractivity contribution in [2.24, 2.45) is 0 Å². The largest absolute Gasteiger partial charge is 0.275 e. The van der Waals surface area contributed by atoms with E-state index in [4.69, 9.17) is 5.26 Å². The molecule has 2 aromatic heterocycles. The number of carbonyl (C=O) groups excluding carboxylic acids is 1. The number of para-hydroxylation sites is 1. The topological polar surface area (TPSA) is 58.7 Å². The predicted molar refractivity (Wildman–Crippen MR) is 101 cm³/mol. The summed E-state index contributed by atoms with van der Waals surface area (Å²) in [6.45, 7) is 2.01. The molecule has 0 bridgehead atoms. The molecule has 124 valence electrons. The third kappa shape index (κ3) is 2.47. The van der Waals surface area contributed by atoms with E-state index in [0.717, 1.165) is 27.7 Å². The van der Waals surface area contributed by atoms with E-state index < -0.39 is 0 Å². The van der Waals surface area contributed by atoms with Gasteiger partial charge in [0.15, 0.2) is 0 Å². The highest BCUT2D eigenvalue weighted by Crippen LogP contribution is 2.33. The Balaban J connectivity index is 2.02. The molecule has 0 unspecified atom stereocenters. The minimum Gasteiger partial charge on any atom is -0.275 e. The molecule has 2 aromatic carbocycles. The Morgan fingerprint density at radius 3 is 2.69 bits per heavy atom. The van der Waals surface area contributed by atoms with Crippen molar-refractivity contribution in [3.8, 4) is 17.3 Å². The van der Waals surface area contributed by atoms with E-state index >= 15 is 0 Å². The summed E-state index contributed by atoms with van der Waals surface area (Å²) in [5.74, 6) is -0.162. The van der Waals surface area contributed by atoms with Crippen molar-refractivity contribution in [2.45, 2.75) is 6.92 Å². The molecule has 0 saturated carbocycles. The van der Waals surface area contributed by atoms with Gasteiger partial charge in [-0.15, -0.1) is 0 Å². The van der Waals surface area contributed by atoms with Crippen LogP contribution in [0.3, 0.4) is 0 Å². The van der Waals surface area contributed by atoms with Gasteiger partial charge in [0.1, 0.15) is 0 Å². The minimum absolute atomic E-state index is 0.162. The normalized spacial score (nSPS) is 10.6. The quantitative estimate of drug-likeness (QED) is 0.538. The van der Waals surface area contributed by atoms with E-state index in [-0.39, 0.29) is 5.91 Å². The number of nitrogens with zero attached hydrogens (tertiary/aromatic N) is 3. The van der Waals surface area contributed by atoms with Gasteiger partial charge < -0.3 is 0 Å². The van der Waals surface area contributed by atoms with Gasteiger partial charge in [-0.1, -0.05) is 24.3 Å². The van der Waals surface area contributed by atoms with Gasteiger partial charge in [-0.3, -0.25) is 14.3 Å². The van der Waals surface area contributed by atoms with E-state index in [2.05, 4.69) is 11.1 Å². The Hall–Kier alpha value is -3.71. The van der Waals surface area contributed by atoms with Crippen LogP contribution in [0.5, 0.6) is 0 Å². The van der Waals surface area contributed by atoms with Crippen molar-refractivity contribution in [1.82, 2.24) is 9.55 Å². The monoisotopic (exact) mass is 337 g/mol. The molecule has 0 spiro atoms. The smallest absolute Gasteiger partial charge is 0.262 e. The number of fused-ring (bicyclic) bond motifs is 1. The first-order valence-corrected chi connectivity index (χ1v) is 8.26. The van der Waals surface area contributed by atoms with Crippen LogP contribution < -0.4 is 0 Å². The molecule has 0 radical (unpaired) electrons. The lowest BCUT2D eigenvalue weighted by molar-refractivity contribution is 0.0966. The van der Waals surface area contributed by atoms with Gasteiger partial charge in [0.25, 0.3) is 5.91 Å². The fourth-order valence-corrected chi connectivity index (χ4v) is 3.31. The summed E-state index contributed by atoms with van der Waals surface area (Å²) < 4.78 is 1.72. The van der Waals surface area contributed by atoms with Crippen LogP contribution in [-0.4, -0.2) is 15.5 Å². The number of benzene rings is 2. The summed E-state index contributed by atoms with van der Waals surface area (Å²) >= 11 is 0. The van der Waals surface area contributed by atoms with Crippen LogP contribution in [0.15, 0.2) is 73.1 Å². The molecule has 0 N–H and O–H groups in total. The summed E-state index contributed by atoms with van der Waals surface area (Å²) in [7, 11) is 0. The molecular formula is C22H15N3O. The van der Waals surface area contributed by atoms with Crippen molar-refractivity contribution in [3.05, 3.63) is 89.7 Å². The lowest BCUT2D eigenvalue weighted by Gasteiger charge is -2.10. The van der Waals surface area contributed by atoms with E-state index in [0.29, 0.717) is 11.1 Å². The SMILES string of the molecule is Cc1c(-c2cccnc2)n(C(=O)c2cccc(C#N)c2)c2ccccc12. The van der Waals surface area contributed by atoms with Crippen LogP contribution in [0.2, 0.25) is 0 Å². The molecule has 0 atom stereocenters. The Morgan fingerprint density at radius 2 is 1.92 bits per heavy atom. The fraction of sp³-hybridized carbons (Fsp3) is 0.0455. The molecule has 4 aromatic rings. The molecule has 0 aliphatic rings. The van der Waals surface area contributed by atoms with Gasteiger partial charge >= 0.3 is 0 Å². The highest BCUT2D eigenvalue weighted by Gasteiger charge is 2.21. The van der Waals surface area contributed by atoms with Gasteiger partial charge in [-0.05, 0) is 48.9 Å². The zero-order valence-electron chi connectivity index (χ0n) is 14.2. The van der Waals surface area contributed by atoms with Crippen LogP contribution in [0.25, 0.3) is 22.2 Å². The summed E-state index contributed by atoms with van der Waals surface area (Å²) in [5, 5.41) is 10.2. The van der Waals surface area contributed by atoms with E-state index in [9.17, 15) is 4.79 Å². The van der Waals surface area contributed by atoms with Gasteiger partial charge in [0.2, 0.25) is 0 Å². The average molecular weight is 337 g/mol. The number of hydrogen-bond donors (Lipinski definition) is 0. The molecule has 26 heavy (non-hydrogen) atoms. The molecule has 4 heteroatoms. The Labute approximate surface area is 151 Å². The summed E-state index contributed by atoms with van der Waals surface area (Å²) in [5.41, 5.74) is 4.52. The average Bonchev–Trinajstić information content (AvgIpc) is 3.01. The molecular weight excluding hydrogens is 322 g/mol. The van der Waals surface area contributed by atoms with Crippen LogP contribution in [0.4, 0.5) is 0 Å². The van der Waals surface area contributed by atoms with Crippen molar-refractivity contribution < 1.29 is 4.79 Å². The zero-order chi connectivity index (χ0) is 18.1. The van der Waals surface area contributed by atoms with Gasteiger partial charge in [0, 0.05) is 28.9 Å². The molecule has 0 aliphatic heterocycles. The summed E-state index contributed by atoms with van der Waals surface area (Å²) in [6, 6.07) is 20.5. The van der Waals surface area contributed by atoms with Crippen molar-refractivity contribution in [2.75, 3.05) is 0 Å². The Morgan fingerprint density at radius 1 is 1.08 bits per heavy atom. The maximum atomic E-state index is 13.4. The third-order valence-corrected chi connectivity index (χ3v) is 4.50. The van der Waals surface area contributed by atoms with Gasteiger partial charge in [-0.2, -0.15) is 5.26 Å². The molecule has 0 fully saturated rings. The molecule has 0 aliphatic carbocycles. The highest BCUT2D eigenvalue weighted by atomic mass is 16.2. The fourth-order valence-electron chi connectivity index (χ4n) is 3.31. The first-order valence-electron chi connectivity index (χ1n) is 8.26. The molecule has 0 amide bonds. The number of carbonyl (C=O) groups is 1. The summed E-state index contributed by atoms with van der Waals surface area (Å²) in [4.78, 5) is 17.6. The second kappa shape index (κ2) is 6.30. The second-order valence-electron chi connectivity index (χ2n) is 6.07. The summed E-state index contributed by atoms with van der Waals surface area (Å²) in [6.07, 6.45) is 3.47. The lowest BCUT2D eigenvalue weighted by atomic mass is 10.1. The van der Waals surface area contributed by atoms with Crippen LogP contribution in [-0.2, 0) is 0 Å². The second-order valence-corrected chi connectivity index (χ2v) is 6.07. The molecule has 4 rings (SSSR count). The number of pyridine rings is 1. The van der Waals surface area contributed by atoms with Crippen molar-refractivity contribution in [3.63, 3.8) is 0 Å². The molecule has 2 heterocycles. The maximum absolute atomic E-state index is 13.4. The maximum Gasteiger partial charge on any atom is 0.262 e. The standard InChI is InChI=1S/C22H15N3O/c1-15-19-9-2-3-10-20(19)25(21(15)18-8-5-11-24-14-18)22(26)17-7-4-6-16(12-17)13-23/h2-12,14H,1H3. The number of rotatable bonds is 2. The predicted octanol–water partition coefficient (Wildman–Crippen LogP) is 4.57. The van der Waals surface area contributed by atoms with E-state index in [1.807, 2.05) is 43.3 Å². The highest BCUT2D eigenvalue weighted by molar-refractivity contribution is 6.07. The zero-order valence-corrected chi connectivity index (χ0v) is 14.2. The lowest BCUT2D eigenvalue weighted by Crippen LogP contribution is -2.13. The first-order chi connectivity index (χ1) is 12.7. The van der Waals surface area contributed by atoms with E-state index in [1.54, 1.807) is 41.2 Å². The Kier molecular flexibility index (Phi) is 3.83. The third-order valence-electron chi connectivity index (χ3n) is 4.50. The van der Waals surface area contributed by atoms with E-state index in [1.165, 1.54) is 0 Å². The van der Waals surface area contributed by atoms with Crippen LogP contribution >= 0.6 is 0 Å². The van der Waals surface area contributed by atoms with Gasteiger partial charge in [-0.25, -0.2) is 0 Å². The molecule has 4 nitrogen and oxygen atoms in total. The number of hydrogen-bond acceptors (Lipinski definition) is 3. The first kappa shape index (κ1) is 15.8. The van der Waals surface area contributed by atoms with Gasteiger partial charge in [0.05, 0.1) is 22.8 Å². The van der Waals surface area contributed by atoms with Crippen molar-refractivity contribution >= 4 is 16.8 Å². The van der Waals surface area contributed by atoms with Crippen LogP contribution in [0.1, 0.15) is 21.5 Å². The number of nitriles is 1. The molecule has 0 saturated heterocycles. The van der Waals surface area contributed by atoms with Crippen molar-refractivity contribution in [1.29, 1.82) is 5.26 Å². The number of aromatic nitrogens is 2. The Bertz CT molecular complexity index is 1170. The van der Waals surface area contributed by atoms with Crippen LogP contribution in [0, 0.1) is 18.3 Å².